The summed E-state index contributed by atoms with van der Waals surface area (Å²) in [7, 11) is 0. The topological polar surface area (TPSA) is 63.8 Å². The largest absolute Gasteiger partial charge is 0.367 e. The molecule has 14 heavy (non-hydrogen) atoms. The fourth-order valence-corrected chi connectivity index (χ4v) is 2.00. The lowest BCUT2D eigenvalue weighted by Crippen LogP contribution is -2.52. The monoisotopic (exact) mass is 304 g/mol. The van der Waals surface area contributed by atoms with Crippen molar-refractivity contribution in [2.75, 3.05) is 11.9 Å². The van der Waals surface area contributed by atoms with Crippen LogP contribution in [0, 0.1) is 3.57 Å². The first-order chi connectivity index (χ1) is 6.70. The lowest BCUT2D eigenvalue weighted by atomic mass is 9.78. The van der Waals surface area contributed by atoms with E-state index in [2.05, 4.69) is 37.9 Å². The fourth-order valence-electron chi connectivity index (χ4n) is 1.51. The third-order valence-corrected chi connectivity index (χ3v) is 3.41. The molecule has 1 saturated carbocycles. The second kappa shape index (κ2) is 3.98. The second-order valence-electron chi connectivity index (χ2n) is 3.79. The van der Waals surface area contributed by atoms with Gasteiger partial charge in [-0.15, -0.1) is 0 Å². The summed E-state index contributed by atoms with van der Waals surface area (Å²) >= 11 is 2.21. The minimum absolute atomic E-state index is 0.00592. The lowest BCUT2D eigenvalue weighted by Gasteiger charge is -2.38. The molecule has 0 aromatic carbocycles. The first-order valence-corrected chi connectivity index (χ1v) is 5.76. The van der Waals surface area contributed by atoms with E-state index in [9.17, 15) is 0 Å². The Kier molecular flexibility index (Phi) is 2.87. The highest BCUT2D eigenvalue weighted by Crippen LogP contribution is 2.29. The predicted molar refractivity (Wildman–Crippen MR) is 64.0 cm³/mol. The molecule has 3 N–H and O–H groups in total. The maximum absolute atomic E-state index is 6.09. The molecule has 0 amide bonds. The summed E-state index contributed by atoms with van der Waals surface area (Å²) in [4.78, 5) is 8.09. The Balaban J connectivity index is 1.95. The van der Waals surface area contributed by atoms with Crippen molar-refractivity contribution in [3.63, 3.8) is 0 Å². The summed E-state index contributed by atoms with van der Waals surface area (Å²) in [5, 5.41) is 3.27. The molecular weight excluding hydrogens is 291 g/mol. The Hall–Kier alpha value is -0.430. The Labute approximate surface area is 96.8 Å². The highest BCUT2D eigenvalue weighted by molar-refractivity contribution is 14.1. The summed E-state index contributed by atoms with van der Waals surface area (Å²) in [6, 6.07) is 0. The van der Waals surface area contributed by atoms with Gasteiger partial charge in [0.1, 0.15) is 12.1 Å². The van der Waals surface area contributed by atoms with Crippen LogP contribution in [0.15, 0.2) is 12.5 Å². The van der Waals surface area contributed by atoms with Gasteiger partial charge in [-0.3, -0.25) is 0 Å². The summed E-state index contributed by atoms with van der Waals surface area (Å²) in [6.07, 6.45) is 6.82. The maximum atomic E-state index is 6.09. The molecule has 2 rings (SSSR count). The van der Waals surface area contributed by atoms with Gasteiger partial charge in [0.25, 0.3) is 0 Å². The van der Waals surface area contributed by atoms with Gasteiger partial charge in [-0.1, -0.05) is 0 Å². The van der Waals surface area contributed by atoms with Crippen molar-refractivity contribution >= 4 is 28.4 Å². The Bertz CT molecular complexity index is 324. The fraction of sp³-hybridized carbons (Fsp3) is 0.556. The van der Waals surface area contributed by atoms with E-state index in [1.165, 1.54) is 6.42 Å². The number of rotatable bonds is 3. The van der Waals surface area contributed by atoms with Crippen molar-refractivity contribution in [2.45, 2.75) is 24.8 Å². The second-order valence-corrected chi connectivity index (χ2v) is 4.95. The van der Waals surface area contributed by atoms with Crippen LogP contribution in [0.5, 0.6) is 0 Å². The van der Waals surface area contributed by atoms with Crippen molar-refractivity contribution in [1.29, 1.82) is 0 Å². The Morgan fingerprint density at radius 2 is 2.36 bits per heavy atom. The molecule has 0 spiro atoms. The molecule has 0 bridgehead atoms. The summed E-state index contributed by atoms with van der Waals surface area (Å²) in [6.45, 7) is 0.806. The summed E-state index contributed by atoms with van der Waals surface area (Å²) in [5.74, 6) is 0.886. The number of hydrogen-bond donors (Lipinski definition) is 2. The molecule has 1 heterocycles. The molecule has 1 aromatic rings. The molecular formula is C9H13IN4. The SMILES string of the molecule is NC1(CNc2ncncc2I)CCC1. The molecule has 0 radical (unpaired) electrons. The number of nitrogens with one attached hydrogen (secondary N) is 1. The van der Waals surface area contributed by atoms with E-state index in [-0.39, 0.29) is 5.54 Å². The van der Waals surface area contributed by atoms with Crippen LogP contribution in [0.4, 0.5) is 5.82 Å². The number of anilines is 1. The molecule has 4 nitrogen and oxygen atoms in total. The highest BCUT2D eigenvalue weighted by Gasteiger charge is 2.32. The van der Waals surface area contributed by atoms with Gasteiger partial charge in [0, 0.05) is 18.3 Å². The number of hydrogen-bond acceptors (Lipinski definition) is 4. The summed E-state index contributed by atoms with van der Waals surface area (Å²) in [5.41, 5.74) is 6.09. The van der Waals surface area contributed by atoms with Gasteiger partial charge in [0.15, 0.2) is 0 Å². The maximum Gasteiger partial charge on any atom is 0.142 e. The van der Waals surface area contributed by atoms with Gasteiger partial charge in [-0.25, -0.2) is 9.97 Å². The standard InChI is InChI=1S/C9H13IN4/c10-7-4-12-6-14-8(7)13-5-9(11)2-1-3-9/h4,6H,1-3,5,11H2,(H,12,13,14). The Morgan fingerprint density at radius 3 is 2.93 bits per heavy atom. The average molecular weight is 304 g/mol. The normalized spacial score (nSPS) is 18.7. The molecule has 0 atom stereocenters. The van der Waals surface area contributed by atoms with Crippen molar-refractivity contribution in [1.82, 2.24) is 9.97 Å². The molecule has 1 aromatic heterocycles. The van der Waals surface area contributed by atoms with Gasteiger partial charge in [0.05, 0.1) is 3.57 Å². The molecule has 0 saturated heterocycles. The van der Waals surface area contributed by atoms with Crippen molar-refractivity contribution < 1.29 is 0 Å². The van der Waals surface area contributed by atoms with Gasteiger partial charge in [0.2, 0.25) is 0 Å². The van der Waals surface area contributed by atoms with Crippen LogP contribution in [-0.4, -0.2) is 22.1 Å². The third-order valence-electron chi connectivity index (χ3n) is 2.62. The molecule has 1 aliphatic carbocycles. The van der Waals surface area contributed by atoms with E-state index in [1.54, 1.807) is 12.5 Å². The van der Waals surface area contributed by atoms with Crippen LogP contribution in [0.2, 0.25) is 0 Å². The molecule has 1 aliphatic rings. The van der Waals surface area contributed by atoms with E-state index >= 15 is 0 Å². The van der Waals surface area contributed by atoms with Crippen molar-refractivity contribution in [3.8, 4) is 0 Å². The van der Waals surface area contributed by atoms with Crippen LogP contribution >= 0.6 is 22.6 Å². The van der Waals surface area contributed by atoms with Crippen LogP contribution in [0.1, 0.15) is 19.3 Å². The van der Waals surface area contributed by atoms with E-state index in [1.807, 2.05) is 0 Å². The lowest BCUT2D eigenvalue weighted by molar-refractivity contribution is 0.265. The molecule has 0 aliphatic heterocycles. The number of nitrogens with zero attached hydrogens (tertiary/aromatic N) is 2. The molecule has 76 valence electrons. The van der Waals surface area contributed by atoms with Crippen LogP contribution < -0.4 is 11.1 Å². The number of halogens is 1. The van der Waals surface area contributed by atoms with Crippen LogP contribution in [0.3, 0.4) is 0 Å². The van der Waals surface area contributed by atoms with Gasteiger partial charge in [-0.05, 0) is 41.9 Å². The quantitative estimate of drug-likeness (QED) is 0.828. The minimum Gasteiger partial charge on any atom is -0.367 e. The molecule has 1 fully saturated rings. The van der Waals surface area contributed by atoms with E-state index in [4.69, 9.17) is 5.73 Å². The zero-order valence-corrected chi connectivity index (χ0v) is 9.99. The van der Waals surface area contributed by atoms with E-state index in [0.29, 0.717) is 0 Å². The van der Waals surface area contributed by atoms with Gasteiger partial charge >= 0.3 is 0 Å². The minimum atomic E-state index is -0.00592. The van der Waals surface area contributed by atoms with Crippen molar-refractivity contribution in [2.24, 2.45) is 5.73 Å². The first-order valence-electron chi connectivity index (χ1n) is 4.68. The molecule has 0 unspecified atom stereocenters. The smallest absolute Gasteiger partial charge is 0.142 e. The highest BCUT2D eigenvalue weighted by atomic mass is 127. The summed E-state index contributed by atoms with van der Waals surface area (Å²) < 4.78 is 1.04. The van der Waals surface area contributed by atoms with E-state index < -0.39 is 0 Å². The zero-order chi connectivity index (χ0) is 10.0. The first kappa shape index (κ1) is 10.1. The Morgan fingerprint density at radius 1 is 1.57 bits per heavy atom. The third kappa shape index (κ3) is 2.14. The van der Waals surface area contributed by atoms with Gasteiger partial charge < -0.3 is 11.1 Å². The number of nitrogens with two attached hydrogens (primary N) is 1. The zero-order valence-electron chi connectivity index (χ0n) is 7.83. The van der Waals surface area contributed by atoms with E-state index in [0.717, 1.165) is 28.8 Å². The van der Waals surface area contributed by atoms with Crippen molar-refractivity contribution in [3.05, 3.63) is 16.1 Å². The van der Waals surface area contributed by atoms with Crippen LogP contribution in [0.25, 0.3) is 0 Å². The number of aromatic nitrogens is 2. The van der Waals surface area contributed by atoms with Gasteiger partial charge in [-0.2, -0.15) is 0 Å². The average Bonchev–Trinajstić information content (AvgIpc) is 2.14. The predicted octanol–water partition coefficient (Wildman–Crippen LogP) is 1.37. The molecule has 5 heteroatoms. The van der Waals surface area contributed by atoms with Crippen LogP contribution in [-0.2, 0) is 0 Å².